The molecule has 4 heteroatoms. The highest BCUT2D eigenvalue weighted by molar-refractivity contribution is 5.92. The number of nitrogens with zero attached hydrogens (tertiary/aromatic N) is 1. The van der Waals surface area contributed by atoms with E-state index in [4.69, 9.17) is 6.42 Å². The van der Waals surface area contributed by atoms with Crippen LogP contribution in [0.1, 0.15) is 23.8 Å². The number of amides is 1. The van der Waals surface area contributed by atoms with E-state index in [-0.39, 0.29) is 11.7 Å². The van der Waals surface area contributed by atoms with Crippen molar-refractivity contribution in [3.05, 3.63) is 29.8 Å². The van der Waals surface area contributed by atoms with Gasteiger partial charge >= 0.3 is 0 Å². The first-order chi connectivity index (χ1) is 7.17. The topological polar surface area (TPSA) is 42.0 Å². The van der Waals surface area contributed by atoms with Crippen molar-refractivity contribution < 1.29 is 9.18 Å². The Kier molecular flexibility index (Phi) is 3.81. The number of carbonyl (C=O) groups is 1. The van der Waals surface area contributed by atoms with Gasteiger partial charge in [-0.05, 0) is 18.6 Å². The Bertz CT molecular complexity index is 398. The number of carbonyl (C=O) groups excluding carboxylic acids is 1. The highest BCUT2D eigenvalue weighted by atomic mass is 19.1. The standard InChI is InChI=1S/C11H11FN2O/c1-3-8(4-2)13-11(15)9-6-5-7-10(12)14-9/h1,5-8H,4H2,2H3,(H,13,15). The molecule has 1 aromatic rings. The van der Waals surface area contributed by atoms with Gasteiger partial charge in [-0.3, -0.25) is 4.79 Å². The number of terminal acetylenes is 1. The van der Waals surface area contributed by atoms with Crippen molar-refractivity contribution >= 4 is 5.91 Å². The molecule has 0 bridgehead atoms. The van der Waals surface area contributed by atoms with Crippen molar-refractivity contribution in [1.29, 1.82) is 0 Å². The third-order valence-corrected chi connectivity index (χ3v) is 1.86. The Morgan fingerprint density at radius 2 is 2.47 bits per heavy atom. The second-order valence-electron chi connectivity index (χ2n) is 2.95. The minimum atomic E-state index is -0.684. The van der Waals surface area contributed by atoms with E-state index in [1.54, 1.807) is 0 Å². The normalized spacial score (nSPS) is 11.5. The molecule has 1 aromatic heterocycles. The van der Waals surface area contributed by atoms with E-state index in [0.717, 1.165) is 0 Å². The molecule has 0 aliphatic heterocycles. The van der Waals surface area contributed by atoms with Crippen LogP contribution in [0.15, 0.2) is 18.2 Å². The number of hydrogen-bond donors (Lipinski definition) is 1. The van der Waals surface area contributed by atoms with Crippen LogP contribution >= 0.6 is 0 Å². The minimum absolute atomic E-state index is 0.0312. The third kappa shape index (κ3) is 3.06. The van der Waals surface area contributed by atoms with Gasteiger partial charge in [-0.15, -0.1) is 6.42 Å². The van der Waals surface area contributed by atoms with E-state index >= 15 is 0 Å². The lowest BCUT2D eigenvalue weighted by atomic mass is 10.2. The van der Waals surface area contributed by atoms with E-state index < -0.39 is 11.9 Å². The molecule has 0 saturated heterocycles. The maximum atomic E-state index is 12.7. The maximum Gasteiger partial charge on any atom is 0.270 e. The fraction of sp³-hybridized carbons (Fsp3) is 0.273. The van der Waals surface area contributed by atoms with Gasteiger partial charge in [0.05, 0.1) is 6.04 Å². The minimum Gasteiger partial charge on any atom is -0.337 e. The summed E-state index contributed by atoms with van der Waals surface area (Å²) in [6.07, 6.45) is 5.80. The molecule has 15 heavy (non-hydrogen) atoms. The summed E-state index contributed by atoms with van der Waals surface area (Å²) in [5.41, 5.74) is 0.0312. The molecule has 0 spiro atoms. The lowest BCUT2D eigenvalue weighted by molar-refractivity contribution is 0.0939. The van der Waals surface area contributed by atoms with Gasteiger partial charge in [0.1, 0.15) is 5.69 Å². The van der Waals surface area contributed by atoms with Gasteiger partial charge in [-0.1, -0.05) is 18.9 Å². The van der Waals surface area contributed by atoms with Crippen molar-refractivity contribution in [3.63, 3.8) is 0 Å². The van der Waals surface area contributed by atoms with Crippen molar-refractivity contribution in [2.75, 3.05) is 0 Å². The van der Waals surface area contributed by atoms with E-state index in [2.05, 4.69) is 16.2 Å². The molecule has 0 radical (unpaired) electrons. The number of halogens is 1. The van der Waals surface area contributed by atoms with Crippen LogP contribution in [0.5, 0.6) is 0 Å². The fourth-order valence-corrected chi connectivity index (χ4v) is 1.03. The molecular formula is C11H11FN2O. The molecule has 0 saturated carbocycles. The smallest absolute Gasteiger partial charge is 0.270 e. The molecule has 0 aliphatic carbocycles. The molecule has 3 nitrogen and oxygen atoms in total. The van der Waals surface area contributed by atoms with Gasteiger partial charge in [-0.25, -0.2) is 4.98 Å². The van der Waals surface area contributed by atoms with Crippen molar-refractivity contribution in [2.24, 2.45) is 0 Å². The van der Waals surface area contributed by atoms with Gasteiger partial charge in [0.2, 0.25) is 5.95 Å². The predicted molar refractivity (Wildman–Crippen MR) is 54.6 cm³/mol. The van der Waals surface area contributed by atoms with Gasteiger partial charge in [0.15, 0.2) is 0 Å². The number of pyridine rings is 1. The molecule has 1 heterocycles. The van der Waals surface area contributed by atoms with Gasteiger partial charge in [0.25, 0.3) is 5.91 Å². The van der Waals surface area contributed by atoms with Gasteiger partial charge < -0.3 is 5.32 Å². The Hall–Kier alpha value is -1.89. The van der Waals surface area contributed by atoms with Crippen LogP contribution in [0, 0.1) is 18.3 Å². The van der Waals surface area contributed by atoms with Crippen LogP contribution in [-0.2, 0) is 0 Å². The third-order valence-electron chi connectivity index (χ3n) is 1.86. The lowest BCUT2D eigenvalue weighted by Crippen LogP contribution is -2.33. The maximum absolute atomic E-state index is 12.7. The molecule has 0 fully saturated rings. The lowest BCUT2D eigenvalue weighted by Gasteiger charge is -2.09. The van der Waals surface area contributed by atoms with E-state index in [0.29, 0.717) is 6.42 Å². The molecule has 1 atom stereocenters. The molecule has 0 aliphatic rings. The summed E-state index contributed by atoms with van der Waals surface area (Å²) in [6.45, 7) is 1.85. The summed E-state index contributed by atoms with van der Waals surface area (Å²) in [5, 5.41) is 2.56. The van der Waals surface area contributed by atoms with Gasteiger partial charge in [-0.2, -0.15) is 4.39 Å². The second-order valence-corrected chi connectivity index (χ2v) is 2.95. The van der Waals surface area contributed by atoms with Crippen molar-refractivity contribution in [1.82, 2.24) is 10.3 Å². The fourth-order valence-electron chi connectivity index (χ4n) is 1.03. The first-order valence-electron chi connectivity index (χ1n) is 4.57. The van der Waals surface area contributed by atoms with Crippen LogP contribution in [0.3, 0.4) is 0 Å². The van der Waals surface area contributed by atoms with Crippen LogP contribution in [0.4, 0.5) is 4.39 Å². The largest absolute Gasteiger partial charge is 0.337 e. The van der Waals surface area contributed by atoms with E-state index in [1.165, 1.54) is 18.2 Å². The molecule has 78 valence electrons. The quantitative estimate of drug-likeness (QED) is 0.599. The molecule has 1 rings (SSSR count). The first kappa shape index (κ1) is 11.2. The van der Waals surface area contributed by atoms with Crippen LogP contribution in [0.2, 0.25) is 0 Å². The zero-order valence-corrected chi connectivity index (χ0v) is 8.33. The summed E-state index contributed by atoms with van der Waals surface area (Å²) in [7, 11) is 0. The van der Waals surface area contributed by atoms with E-state index in [1.807, 2.05) is 6.92 Å². The number of hydrogen-bond acceptors (Lipinski definition) is 2. The van der Waals surface area contributed by atoms with E-state index in [9.17, 15) is 9.18 Å². The van der Waals surface area contributed by atoms with Gasteiger partial charge in [0, 0.05) is 0 Å². The SMILES string of the molecule is C#CC(CC)NC(=O)c1cccc(F)n1. The predicted octanol–water partition coefficient (Wildman–Crippen LogP) is 1.36. The Balaban J connectivity index is 2.74. The molecule has 0 aromatic carbocycles. The average molecular weight is 206 g/mol. The first-order valence-corrected chi connectivity index (χ1v) is 4.57. The van der Waals surface area contributed by atoms with Crippen LogP contribution in [0.25, 0.3) is 0 Å². The Morgan fingerprint density at radius 3 is 3.00 bits per heavy atom. The Morgan fingerprint density at radius 1 is 1.73 bits per heavy atom. The summed E-state index contributed by atoms with van der Waals surface area (Å²) in [5.74, 6) is 1.27. The highest BCUT2D eigenvalue weighted by Crippen LogP contribution is 1.99. The average Bonchev–Trinajstić information content (AvgIpc) is 2.25. The van der Waals surface area contributed by atoms with Crippen LogP contribution < -0.4 is 5.32 Å². The molecule has 1 N–H and O–H groups in total. The Labute approximate surface area is 87.7 Å². The molecular weight excluding hydrogens is 195 g/mol. The highest BCUT2D eigenvalue weighted by Gasteiger charge is 2.11. The van der Waals surface area contributed by atoms with Crippen LogP contribution in [-0.4, -0.2) is 16.9 Å². The number of nitrogens with one attached hydrogen (secondary N) is 1. The zero-order chi connectivity index (χ0) is 11.3. The number of rotatable bonds is 3. The number of aromatic nitrogens is 1. The second kappa shape index (κ2) is 5.11. The monoisotopic (exact) mass is 206 g/mol. The van der Waals surface area contributed by atoms with Crippen molar-refractivity contribution in [3.8, 4) is 12.3 Å². The zero-order valence-electron chi connectivity index (χ0n) is 8.33. The molecule has 1 unspecified atom stereocenters. The summed E-state index contributed by atoms with van der Waals surface area (Å²) in [4.78, 5) is 14.9. The summed E-state index contributed by atoms with van der Waals surface area (Å²) in [6, 6.07) is 3.69. The summed E-state index contributed by atoms with van der Waals surface area (Å²) >= 11 is 0. The van der Waals surface area contributed by atoms with Crippen molar-refractivity contribution in [2.45, 2.75) is 19.4 Å². The molecule has 1 amide bonds. The summed E-state index contributed by atoms with van der Waals surface area (Å²) < 4.78 is 12.7.